The van der Waals surface area contributed by atoms with Crippen LogP contribution in [-0.4, -0.2) is 38.4 Å². The molecule has 2 heterocycles. The predicted octanol–water partition coefficient (Wildman–Crippen LogP) is 1.23. The molecule has 0 fully saturated rings. The summed E-state index contributed by atoms with van der Waals surface area (Å²) < 4.78 is 12.5. The number of nitrogens with zero attached hydrogens (tertiary/aromatic N) is 5. The van der Waals surface area contributed by atoms with Crippen LogP contribution in [0.2, 0.25) is 0 Å². The summed E-state index contributed by atoms with van der Waals surface area (Å²) in [6, 6.07) is 0.401. The molecule has 0 unspecified atom stereocenters. The molecule has 0 aromatic carbocycles. The van der Waals surface area contributed by atoms with Gasteiger partial charge in [0.05, 0.1) is 19.0 Å². The van der Waals surface area contributed by atoms with Crippen molar-refractivity contribution in [2.75, 3.05) is 19.0 Å². The van der Waals surface area contributed by atoms with Gasteiger partial charge in [-0.1, -0.05) is 6.92 Å². The van der Waals surface area contributed by atoms with Crippen LogP contribution in [-0.2, 0) is 7.05 Å². The van der Waals surface area contributed by atoms with Gasteiger partial charge in [0.15, 0.2) is 5.75 Å². The number of nitrogens with one attached hydrogen (secondary N) is 1. The van der Waals surface area contributed by atoms with Gasteiger partial charge in [-0.05, 0) is 6.42 Å². The number of aryl methyl sites for hydroxylation is 1. The zero-order valence-electron chi connectivity index (χ0n) is 11.1. The summed E-state index contributed by atoms with van der Waals surface area (Å²) >= 11 is 0. The third-order valence-electron chi connectivity index (χ3n) is 2.14. The van der Waals surface area contributed by atoms with Crippen LogP contribution in [0.4, 0.5) is 5.95 Å². The van der Waals surface area contributed by atoms with Gasteiger partial charge in [0.25, 0.3) is 0 Å². The van der Waals surface area contributed by atoms with Crippen molar-refractivity contribution >= 4 is 5.95 Å². The van der Waals surface area contributed by atoms with E-state index in [9.17, 15) is 0 Å². The number of rotatable bonds is 6. The second-order valence-corrected chi connectivity index (χ2v) is 3.77. The number of hydrogen-bond donors (Lipinski definition) is 1. The minimum atomic E-state index is 0.165. The molecular formula is C11H16N6O2. The highest BCUT2D eigenvalue weighted by Gasteiger charge is 2.09. The minimum Gasteiger partial charge on any atom is -0.463 e. The predicted molar refractivity (Wildman–Crippen MR) is 68.4 cm³/mol. The molecule has 0 aliphatic heterocycles. The quantitative estimate of drug-likeness (QED) is 0.839. The fourth-order valence-corrected chi connectivity index (χ4v) is 1.31. The molecule has 102 valence electrons. The Morgan fingerprint density at radius 2 is 2.05 bits per heavy atom. The van der Waals surface area contributed by atoms with Crippen molar-refractivity contribution in [3.05, 3.63) is 12.4 Å². The van der Waals surface area contributed by atoms with E-state index in [4.69, 9.17) is 9.47 Å². The Bertz CT molecular complexity index is 542. The summed E-state index contributed by atoms with van der Waals surface area (Å²) in [5, 5.41) is 6.83. The minimum absolute atomic E-state index is 0.165. The second-order valence-electron chi connectivity index (χ2n) is 3.77. The topological polar surface area (TPSA) is 87.0 Å². The molecule has 0 radical (unpaired) electrons. The van der Waals surface area contributed by atoms with Crippen molar-refractivity contribution in [3.8, 4) is 17.8 Å². The van der Waals surface area contributed by atoms with E-state index in [0.717, 1.165) is 6.42 Å². The molecule has 0 amide bonds. The number of anilines is 1. The van der Waals surface area contributed by atoms with E-state index in [1.54, 1.807) is 31.2 Å². The van der Waals surface area contributed by atoms with Gasteiger partial charge < -0.3 is 14.8 Å². The molecule has 2 aromatic rings. The first-order valence-electron chi connectivity index (χ1n) is 5.94. The average Bonchev–Trinajstić information content (AvgIpc) is 2.81. The molecule has 19 heavy (non-hydrogen) atoms. The summed E-state index contributed by atoms with van der Waals surface area (Å²) in [5.41, 5.74) is 0. The zero-order chi connectivity index (χ0) is 13.7. The molecule has 0 atom stereocenters. The van der Waals surface area contributed by atoms with E-state index in [0.29, 0.717) is 18.3 Å². The molecule has 0 aliphatic carbocycles. The highest BCUT2D eigenvalue weighted by atomic mass is 16.5. The van der Waals surface area contributed by atoms with Crippen molar-refractivity contribution in [2.45, 2.75) is 13.3 Å². The molecule has 0 aliphatic rings. The maximum Gasteiger partial charge on any atom is 0.330 e. The molecule has 2 rings (SSSR count). The maximum atomic E-state index is 5.50. The lowest BCUT2D eigenvalue weighted by Crippen LogP contribution is -2.06. The van der Waals surface area contributed by atoms with Crippen LogP contribution in [0.3, 0.4) is 0 Å². The molecule has 0 saturated carbocycles. The average molecular weight is 264 g/mol. The van der Waals surface area contributed by atoms with E-state index in [1.165, 1.54) is 0 Å². The lowest BCUT2D eigenvalue weighted by atomic mass is 10.5. The molecule has 0 saturated heterocycles. The van der Waals surface area contributed by atoms with E-state index in [1.807, 2.05) is 6.92 Å². The van der Waals surface area contributed by atoms with Crippen molar-refractivity contribution in [1.29, 1.82) is 0 Å². The van der Waals surface area contributed by atoms with E-state index < -0.39 is 0 Å². The Hall–Kier alpha value is -2.38. The Labute approximate surface area is 110 Å². The van der Waals surface area contributed by atoms with Crippen LogP contribution in [0.1, 0.15) is 13.3 Å². The molecule has 0 spiro atoms. The first kappa shape index (κ1) is 13.1. The number of hydrogen-bond acceptors (Lipinski definition) is 7. The van der Waals surface area contributed by atoms with Crippen LogP contribution in [0.5, 0.6) is 17.8 Å². The van der Waals surface area contributed by atoms with Crippen LogP contribution in [0.25, 0.3) is 0 Å². The van der Waals surface area contributed by atoms with Crippen molar-refractivity contribution in [3.63, 3.8) is 0 Å². The highest BCUT2D eigenvalue weighted by Crippen LogP contribution is 2.19. The van der Waals surface area contributed by atoms with Gasteiger partial charge in [0.2, 0.25) is 5.95 Å². The van der Waals surface area contributed by atoms with Crippen LogP contribution in [0.15, 0.2) is 12.4 Å². The first-order chi connectivity index (χ1) is 9.21. The van der Waals surface area contributed by atoms with E-state index >= 15 is 0 Å². The van der Waals surface area contributed by atoms with Crippen molar-refractivity contribution in [1.82, 2.24) is 24.7 Å². The highest BCUT2D eigenvalue weighted by molar-refractivity contribution is 5.28. The lowest BCUT2D eigenvalue weighted by Gasteiger charge is -2.06. The van der Waals surface area contributed by atoms with E-state index in [2.05, 4.69) is 25.4 Å². The summed E-state index contributed by atoms with van der Waals surface area (Å²) in [5.74, 6) is 0.942. The van der Waals surface area contributed by atoms with E-state index in [-0.39, 0.29) is 12.0 Å². The van der Waals surface area contributed by atoms with Gasteiger partial charge in [-0.15, -0.1) is 4.98 Å². The van der Waals surface area contributed by atoms with Gasteiger partial charge in [-0.25, -0.2) is 0 Å². The molecule has 1 N–H and O–H groups in total. The van der Waals surface area contributed by atoms with Crippen molar-refractivity contribution in [2.24, 2.45) is 7.05 Å². The standard InChI is InChI=1S/C11H16N6O2/c1-4-5-18-10-14-9(12-2)15-11(16-10)19-8-6-13-17(3)7-8/h6-7H,4-5H2,1-3H3,(H,12,14,15,16). The van der Waals surface area contributed by atoms with Crippen LogP contribution in [0, 0.1) is 0 Å². The SMILES string of the molecule is CCCOc1nc(NC)nc(Oc2cnn(C)c2)n1. The largest absolute Gasteiger partial charge is 0.463 e. The molecule has 2 aromatic heterocycles. The summed E-state index contributed by atoms with van der Waals surface area (Å²) in [6.45, 7) is 2.55. The first-order valence-corrected chi connectivity index (χ1v) is 5.94. The number of ether oxygens (including phenoxy) is 2. The summed E-state index contributed by atoms with van der Waals surface area (Å²) in [4.78, 5) is 12.3. The van der Waals surface area contributed by atoms with Gasteiger partial charge >= 0.3 is 12.0 Å². The zero-order valence-corrected chi connectivity index (χ0v) is 11.1. The normalized spacial score (nSPS) is 10.3. The van der Waals surface area contributed by atoms with Gasteiger partial charge in [-0.3, -0.25) is 4.68 Å². The lowest BCUT2D eigenvalue weighted by molar-refractivity contribution is 0.285. The Kier molecular flexibility index (Phi) is 4.11. The second kappa shape index (κ2) is 5.98. The monoisotopic (exact) mass is 264 g/mol. The number of aromatic nitrogens is 5. The fourth-order valence-electron chi connectivity index (χ4n) is 1.31. The third-order valence-corrected chi connectivity index (χ3v) is 2.14. The molecule has 8 heteroatoms. The van der Waals surface area contributed by atoms with Gasteiger partial charge in [0.1, 0.15) is 0 Å². The Morgan fingerprint density at radius 3 is 2.68 bits per heavy atom. The van der Waals surface area contributed by atoms with Crippen molar-refractivity contribution < 1.29 is 9.47 Å². The summed E-state index contributed by atoms with van der Waals surface area (Å²) in [7, 11) is 3.52. The fraction of sp³-hybridized carbons (Fsp3) is 0.455. The third kappa shape index (κ3) is 3.54. The van der Waals surface area contributed by atoms with Gasteiger partial charge in [-0.2, -0.15) is 15.1 Å². The van der Waals surface area contributed by atoms with Crippen LogP contribution >= 0.6 is 0 Å². The molecule has 8 nitrogen and oxygen atoms in total. The molecule has 0 bridgehead atoms. The van der Waals surface area contributed by atoms with Gasteiger partial charge in [0, 0.05) is 14.1 Å². The summed E-state index contributed by atoms with van der Waals surface area (Å²) in [6.07, 6.45) is 4.17. The Morgan fingerprint density at radius 1 is 1.26 bits per heavy atom. The smallest absolute Gasteiger partial charge is 0.330 e. The maximum absolute atomic E-state index is 5.50. The van der Waals surface area contributed by atoms with Crippen LogP contribution < -0.4 is 14.8 Å². The molecular weight excluding hydrogens is 248 g/mol. The Balaban J connectivity index is 2.18.